The molecule has 2 rings (SSSR count). The van der Waals surface area contributed by atoms with Gasteiger partial charge in [0.05, 0.1) is 0 Å². The summed E-state index contributed by atoms with van der Waals surface area (Å²) in [6, 6.07) is 7.83. The van der Waals surface area contributed by atoms with Crippen LogP contribution in [-0.2, 0) is 16.0 Å². The Bertz CT molecular complexity index is 570. The first-order valence-electron chi connectivity index (χ1n) is 8.86. The predicted molar refractivity (Wildman–Crippen MR) is 104 cm³/mol. The lowest BCUT2D eigenvalue weighted by molar-refractivity contribution is -0.133. The molecule has 0 spiro atoms. The van der Waals surface area contributed by atoms with Gasteiger partial charge in [-0.25, -0.2) is 0 Å². The normalized spacial score (nSPS) is 14.9. The van der Waals surface area contributed by atoms with Crippen LogP contribution in [0, 0.1) is 5.92 Å². The molecule has 0 bridgehead atoms. The lowest BCUT2D eigenvalue weighted by Crippen LogP contribution is -2.46. The van der Waals surface area contributed by atoms with Gasteiger partial charge in [-0.1, -0.05) is 32.0 Å². The van der Waals surface area contributed by atoms with Crippen molar-refractivity contribution >= 4 is 29.9 Å². The first kappa shape index (κ1) is 21.3. The van der Waals surface area contributed by atoms with Gasteiger partial charge in [0.1, 0.15) is 0 Å². The van der Waals surface area contributed by atoms with Crippen LogP contribution in [0.1, 0.15) is 45.1 Å². The number of piperidine rings is 1. The van der Waals surface area contributed by atoms with Crippen LogP contribution in [0.2, 0.25) is 0 Å². The number of likely N-dealkylation sites (tertiary alicyclic amines) is 1. The van der Waals surface area contributed by atoms with E-state index in [4.69, 9.17) is 5.73 Å². The number of carbonyl (C=O) groups is 2. The number of carbonyl (C=O) groups excluding carboxylic acids is 2. The van der Waals surface area contributed by atoms with Crippen LogP contribution in [0.4, 0.5) is 5.69 Å². The van der Waals surface area contributed by atoms with E-state index in [1.165, 1.54) is 0 Å². The zero-order chi connectivity index (χ0) is 17.5. The van der Waals surface area contributed by atoms with Crippen molar-refractivity contribution in [1.82, 2.24) is 10.2 Å². The summed E-state index contributed by atoms with van der Waals surface area (Å²) in [5, 5.41) is 3.09. The topological polar surface area (TPSA) is 75.4 Å². The average molecular weight is 368 g/mol. The Kier molecular flexibility index (Phi) is 8.76. The molecule has 0 radical (unpaired) electrons. The highest BCUT2D eigenvalue weighted by atomic mass is 35.5. The van der Waals surface area contributed by atoms with E-state index in [2.05, 4.69) is 19.2 Å². The molecule has 1 fully saturated rings. The van der Waals surface area contributed by atoms with Crippen LogP contribution in [0.25, 0.3) is 0 Å². The maximum absolute atomic E-state index is 12.1. The molecule has 1 aromatic rings. The average Bonchev–Trinajstić information content (AvgIpc) is 2.54. The molecule has 6 heteroatoms. The summed E-state index contributed by atoms with van der Waals surface area (Å²) in [5.41, 5.74) is 7.65. The minimum atomic E-state index is 0. The van der Waals surface area contributed by atoms with Gasteiger partial charge in [0.2, 0.25) is 11.8 Å². The number of nitrogens with two attached hydrogens (primary N) is 1. The molecular weight excluding hydrogens is 338 g/mol. The van der Waals surface area contributed by atoms with E-state index in [1.54, 1.807) is 0 Å². The molecule has 0 aromatic heterocycles. The molecule has 0 saturated carbocycles. The van der Waals surface area contributed by atoms with E-state index in [1.807, 2.05) is 29.2 Å². The number of hydrogen-bond donors (Lipinski definition) is 2. The van der Waals surface area contributed by atoms with Crippen molar-refractivity contribution in [2.24, 2.45) is 5.92 Å². The third-order valence-electron chi connectivity index (χ3n) is 4.47. The molecule has 1 heterocycles. The number of benzene rings is 1. The first-order valence-corrected chi connectivity index (χ1v) is 8.86. The number of aryl methyl sites for hydroxylation is 1. The number of nitrogens with zero attached hydrogens (tertiary/aromatic N) is 1. The number of para-hydroxylation sites is 1. The summed E-state index contributed by atoms with van der Waals surface area (Å²) >= 11 is 0. The number of hydrogen-bond acceptors (Lipinski definition) is 3. The molecule has 3 N–H and O–H groups in total. The van der Waals surface area contributed by atoms with E-state index in [0.717, 1.165) is 37.2 Å². The molecule has 0 atom stereocenters. The van der Waals surface area contributed by atoms with E-state index in [0.29, 0.717) is 25.2 Å². The smallest absolute Gasteiger partial charge is 0.222 e. The SMILES string of the molecule is CC(C)CC(=O)N1CCC(NC(=O)CCc2ccccc2N)CC1.Cl. The molecule has 5 nitrogen and oxygen atoms in total. The van der Waals surface area contributed by atoms with Crippen molar-refractivity contribution in [2.75, 3.05) is 18.8 Å². The van der Waals surface area contributed by atoms with Gasteiger partial charge in [0, 0.05) is 37.7 Å². The summed E-state index contributed by atoms with van der Waals surface area (Å²) in [7, 11) is 0. The summed E-state index contributed by atoms with van der Waals surface area (Å²) < 4.78 is 0. The van der Waals surface area contributed by atoms with Crippen molar-refractivity contribution in [3.8, 4) is 0 Å². The fraction of sp³-hybridized carbons (Fsp3) is 0.579. The second-order valence-electron chi connectivity index (χ2n) is 7.02. The van der Waals surface area contributed by atoms with E-state index in [9.17, 15) is 9.59 Å². The van der Waals surface area contributed by atoms with Gasteiger partial charge in [0.25, 0.3) is 0 Å². The Labute approximate surface area is 156 Å². The van der Waals surface area contributed by atoms with Crippen molar-refractivity contribution in [3.63, 3.8) is 0 Å². The molecule has 1 saturated heterocycles. The summed E-state index contributed by atoms with van der Waals surface area (Å²) in [5.74, 6) is 0.680. The highest BCUT2D eigenvalue weighted by molar-refractivity contribution is 5.85. The standard InChI is InChI=1S/C19H29N3O2.ClH/c1-14(2)13-19(24)22-11-9-16(10-12-22)21-18(23)8-7-15-5-3-4-6-17(15)20;/h3-6,14,16H,7-13,20H2,1-2H3,(H,21,23);1H. The van der Waals surface area contributed by atoms with Crippen LogP contribution in [0.3, 0.4) is 0 Å². The zero-order valence-electron chi connectivity index (χ0n) is 15.2. The van der Waals surface area contributed by atoms with Gasteiger partial charge < -0.3 is 16.0 Å². The second kappa shape index (κ2) is 10.3. The van der Waals surface area contributed by atoms with Gasteiger partial charge in [-0.3, -0.25) is 9.59 Å². The Hall–Kier alpha value is -1.75. The zero-order valence-corrected chi connectivity index (χ0v) is 16.0. The number of rotatable bonds is 6. The number of amides is 2. The van der Waals surface area contributed by atoms with Crippen LogP contribution in [0.5, 0.6) is 0 Å². The highest BCUT2D eigenvalue weighted by Gasteiger charge is 2.23. The van der Waals surface area contributed by atoms with Crippen molar-refractivity contribution in [3.05, 3.63) is 29.8 Å². The van der Waals surface area contributed by atoms with Crippen LogP contribution >= 0.6 is 12.4 Å². The number of nitrogens with one attached hydrogen (secondary N) is 1. The van der Waals surface area contributed by atoms with Crippen molar-refractivity contribution in [2.45, 2.75) is 52.0 Å². The van der Waals surface area contributed by atoms with Crippen LogP contribution in [-0.4, -0.2) is 35.8 Å². The second-order valence-corrected chi connectivity index (χ2v) is 7.02. The van der Waals surface area contributed by atoms with Crippen molar-refractivity contribution < 1.29 is 9.59 Å². The molecule has 140 valence electrons. The minimum Gasteiger partial charge on any atom is -0.399 e. The maximum Gasteiger partial charge on any atom is 0.222 e. The van der Waals surface area contributed by atoms with Crippen LogP contribution < -0.4 is 11.1 Å². The Morgan fingerprint density at radius 2 is 1.88 bits per heavy atom. The fourth-order valence-electron chi connectivity index (χ4n) is 3.06. The molecule has 0 aliphatic carbocycles. The van der Waals surface area contributed by atoms with Gasteiger partial charge in [-0.15, -0.1) is 12.4 Å². The number of halogens is 1. The molecule has 0 unspecified atom stereocenters. The third kappa shape index (κ3) is 6.94. The molecular formula is C19H30ClN3O2. The molecule has 25 heavy (non-hydrogen) atoms. The lowest BCUT2D eigenvalue weighted by atomic mass is 10.0. The fourth-order valence-corrected chi connectivity index (χ4v) is 3.06. The highest BCUT2D eigenvalue weighted by Crippen LogP contribution is 2.15. The monoisotopic (exact) mass is 367 g/mol. The minimum absolute atomic E-state index is 0. The van der Waals surface area contributed by atoms with Gasteiger partial charge in [-0.2, -0.15) is 0 Å². The molecule has 1 aliphatic heterocycles. The quantitative estimate of drug-likeness (QED) is 0.759. The largest absolute Gasteiger partial charge is 0.399 e. The van der Waals surface area contributed by atoms with E-state index < -0.39 is 0 Å². The summed E-state index contributed by atoms with van der Waals surface area (Å²) in [4.78, 5) is 26.1. The van der Waals surface area contributed by atoms with Gasteiger partial charge >= 0.3 is 0 Å². The van der Waals surface area contributed by atoms with E-state index >= 15 is 0 Å². The lowest BCUT2D eigenvalue weighted by Gasteiger charge is -2.33. The van der Waals surface area contributed by atoms with Crippen LogP contribution in [0.15, 0.2) is 24.3 Å². The van der Waals surface area contributed by atoms with E-state index in [-0.39, 0.29) is 30.3 Å². The summed E-state index contributed by atoms with van der Waals surface area (Å²) in [6.07, 6.45) is 3.38. The third-order valence-corrected chi connectivity index (χ3v) is 4.47. The van der Waals surface area contributed by atoms with Crippen molar-refractivity contribution in [1.29, 1.82) is 0 Å². The Balaban J connectivity index is 0.00000312. The Morgan fingerprint density at radius 3 is 2.48 bits per heavy atom. The number of nitrogen functional groups attached to an aromatic ring is 1. The maximum atomic E-state index is 12.1. The molecule has 1 aromatic carbocycles. The molecule has 1 aliphatic rings. The Morgan fingerprint density at radius 1 is 1.24 bits per heavy atom. The molecule has 2 amide bonds. The summed E-state index contributed by atoms with van der Waals surface area (Å²) in [6.45, 7) is 5.60. The first-order chi connectivity index (χ1) is 11.5. The van der Waals surface area contributed by atoms with Gasteiger partial charge in [0.15, 0.2) is 0 Å². The number of anilines is 1. The van der Waals surface area contributed by atoms with Gasteiger partial charge in [-0.05, 0) is 36.8 Å². The predicted octanol–water partition coefficient (Wildman–Crippen LogP) is 2.78.